The Labute approximate surface area is 170 Å². The third kappa shape index (κ3) is 3.93. The molecule has 1 atom stereocenters. The van der Waals surface area contributed by atoms with E-state index < -0.39 is 5.60 Å². The Bertz CT molecular complexity index is 1050. The maximum atomic E-state index is 12.9. The van der Waals surface area contributed by atoms with Gasteiger partial charge < -0.3 is 10.1 Å². The summed E-state index contributed by atoms with van der Waals surface area (Å²) in [7, 11) is 0. The summed E-state index contributed by atoms with van der Waals surface area (Å²) in [6, 6.07) is 11.6. The minimum Gasteiger partial charge on any atom is -0.369 e. The summed E-state index contributed by atoms with van der Waals surface area (Å²) in [5, 5.41) is 8.60. The van der Waals surface area contributed by atoms with E-state index in [1.165, 1.54) is 0 Å². The second-order valence-electron chi connectivity index (χ2n) is 7.80. The fourth-order valence-electron chi connectivity index (χ4n) is 3.84. The van der Waals surface area contributed by atoms with Crippen molar-refractivity contribution in [2.45, 2.75) is 45.4 Å². The molecule has 1 aliphatic heterocycles. The van der Waals surface area contributed by atoms with Crippen molar-refractivity contribution in [3.63, 3.8) is 0 Å². The van der Waals surface area contributed by atoms with E-state index in [1.54, 1.807) is 0 Å². The lowest BCUT2D eigenvalue weighted by molar-refractivity contribution is -0.124. The molecule has 3 heterocycles. The summed E-state index contributed by atoms with van der Waals surface area (Å²) in [5.41, 5.74) is 2.96. The average molecular weight is 390 g/mol. The molecular formula is C23H26N4O2. The first kappa shape index (κ1) is 19.3. The molecule has 2 bridgehead atoms. The molecule has 0 spiro atoms. The standard InChI is InChI=1S/C23H26N4O2/c1-4-27-21-17(15-24-27)13-18-14-20(28)26-22(16-9-6-5-7-10-16)23(2,3)29-12-8-11-19(21)25-18/h5-11,13,15,22H,4,12,14H2,1-3H3,(H,26,28)/t22-/m0/s1. The van der Waals surface area contributed by atoms with Gasteiger partial charge in [0.15, 0.2) is 0 Å². The summed E-state index contributed by atoms with van der Waals surface area (Å²) in [5.74, 6) is -0.0826. The van der Waals surface area contributed by atoms with Gasteiger partial charge in [0.05, 0.1) is 47.8 Å². The topological polar surface area (TPSA) is 69.0 Å². The minimum atomic E-state index is -0.581. The van der Waals surface area contributed by atoms with E-state index in [0.717, 1.165) is 34.4 Å². The molecule has 29 heavy (non-hydrogen) atoms. The average Bonchev–Trinajstić information content (AvgIpc) is 3.12. The second kappa shape index (κ2) is 7.79. The van der Waals surface area contributed by atoms with Crippen LogP contribution in [0.15, 0.2) is 48.7 Å². The number of aromatic nitrogens is 3. The zero-order valence-electron chi connectivity index (χ0n) is 17.1. The number of benzene rings is 1. The number of carbonyl (C=O) groups is 1. The molecule has 1 aromatic carbocycles. The largest absolute Gasteiger partial charge is 0.369 e. The van der Waals surface area contributed by atoms with Crippen molar-refractivity contribution in [3.05, 3.63) is 65.6 Å². The molecule has 0 saturated heterocycles. The van der Waals surface area contributed by atoms with Gasteiger partial charge in [-0.1, -0.05) is 36.4 Å². The highest BCUT2D eigenvalue weighted by Crippen LogP contribution is 2.30. The number of aryl methyl sites for hydroxylation is 1. The number of nitrogens with one attached hydrogen (secondary N) is 1. The van der Waals surface area contributed by atoms with Gasteiger partial charge in [0, 0.05) is 11.9 Å². The molecule has 150 valence electrons. The molecule has 6 heteroatoms. The highest BCUT2D eigenvalue weighted by atomic mass is 16.5. The lowest BCUT2D eigenvalue weighted by Gasteiger charge is -2.35. The first-order chi connectivity index (χ1) is 14.0. The van der Waals surface area contributed by atoms with Gasteiger partial charge in [0.25, 0.3) is 0 Å². The number of nitrogens with zero attached hydrogens (tertiary/aromatic N) is 3. The third-order valence-electron chi connectivity index (χ3n) is 5.30. The van der Waals surface area contributed by atoms with Crippen LogP contribution in [0.4, 0.5) is 0 Å². The van der Waals surface area contributed by atoms with E-state index in [2.05, 4.69) is 17.3 Å². The van der Waals surface area contributed by atoms with Crippen LogP contribution in [0.25, 0.3) is 17.0 Å². The number of ether oxygens (including phenoxy) is 1. The van der Waals surface area contributed by atoms with Crippen molar-refractivity contribution >= 4 is 22.9 Å². The highest BCUT2D eigenvalue weighted by molar-refractivity contribution is 5.87. The van der Waals surface area contributed by atoms with E-state index in [-0.39, 0.29) is 18.4 Å². The molecule has 0 saturated carbocycles. The van der Waals surface area contributed by atoms with Crippen LogP contribution in [0, 0.1) is 0 Å². The van der Waals surface area contributed by atoms with Gasteiger partial charge in [-0.15, -0.1) is 0 Å². The van der Waals surface area contributed by atoms with E-state index in [4.69, 9.17) is 9.72 Å². The van der Waals surface area contributed by atoms with Crippen LogP contribution in [-0.2, 0) is 22.5 Å². The van der Waals surface area contributed by atoms with Gasteiger partial charge in [0.1, 0.15) is 0 Å². The molecule has 1 amide bonds. The second-order valence-corrected chi connectivity index (χ2v) is 7.80. The molecule has 4 rings (SSSR count). The monoisotopic (exact) mass is 390 g/mol. The molecule has 0 radical (unpaired) electrons. The molecule has 1 aliphatic rings. The van der Waals surface area contributed by atoms with E-state index in [1.807, 2.05) is 73.3 Å². The summed E-state index contributed by atoms with van der Waals surface area (Å²) in [4.78, 5) is 17.7. The molecule has 1 N–H and O–H groups in total. The van der Waals surface area contributed by atoms with Crippen molar-refractivity contribution < 1.29 is 9.53 Å². The fourth-order valence-corrected chi connectivity index (χ4v) is 3.84. The number of pyridine rings is 1. The van der Waals surface area contributed by atoms with Crippen LogP contribution < -0.4 is 5.32 Å². The number of hydrogen-bond donors (Lipinski definition) is 1. The Morgan fingerprint density at radius 2 is 2.07 bits per heavy atom. The molecule has 0 fully saturated rings. The number of hydrogen-bond acceptors (Lipinski definition) is 4. The summed E-state index contributed by atoms with van der Waals surface area (Å²) in [6.45, 7) is 7.24. The lowest BCUT2D eigenvalue weighted by Crippen LogP contribution is -2.44. The maximum Gasteiger partial charge on any atom is 0.226 e. The minimum absolute atomic E-state index is 0.0826. The molecule has 3 aromatic rings. The molecule has 6 nitrogen and oxygen atoms in total. The molecule has 2 aromatic heterocycles. The van der Waals surface area contributed by atoms with Crippen molar-refractivity contribution in [2.75, 3.05) is 6.61 Å². The van der Waals surface area contributed by atoms with Crippen molar-refractivity contribution in [2.24, 2.45) is 0 Å². The SMILES string of the molecule is CCn1ncc2cc3nc(c21)C=CCOC(C)(C)[C@H](c1ccccc1)NC(=O)C3. The number of fused-ring (bicyclic) bond motifs is 4. The zero-order chi connectivity index (χ0) is 20.4. The normalized spacial score (nSPS) is 19.4. The highest BCUT2D eigenvalue weighted by Gasteiger charge is 2.33. The van der Waals surface area contributed by atoms with Crippen LogP contribution in [0.5, 0.6) is 0 Å². The zero-order valence-corrected chi connectivity index (χ0v) is 17.1. The van der Waals surface area contributed by atoms with Gasteiger partial charge in [-0.25, -0.2) is 0 Å². The Morgan fingerprint density at radius 1 is 1.28 bits per heavy atom. The Kier molecular flexibility index (Phi) is 5.20. The van der Waals surface area contributed by atoms with Crippen LogP contribution in [0.3, 0.4) is 0 Å². The molecule has 0 aliphatic carbocycles. The number of carbonyl (C=O) groups excluding carboxylic acids is 1. The van der Waals surface area contributed by atoms with Crippen LogP contribution in [0.2, 0.25) is 0 Å². The predicted molar refractivity (Wildman–Crippen MR) is 113 cm³/mol. The van der Waals surface area contributed by atoms with Gasteiger partial charge in [-0.2, -0.15) is 5.10 Å². The summed E-state index contributed by atoms with van der Waals surface area (Å²) in [6.07, 6.45) is 5.98. The van der Waals surface area contributed by atoms with Gasteiger partial charge in [0.2, 0.25) is 5.91 Å². The van der Waals surface area contributed by atoms with Gasteiger partial charge in [-0.05, 0) is 38.5 Å². The van der Waals surface area contributed by atoms with Crippen LogP contribution >= 0.6 is 0 Å². The van der Waals surface area contributed by atoms with Crippen molar-refractivity contribution in [3.8, 4) is 0 Å². The van der Waals surface area contributed by atoms with Gasteiger partial charge in [-0.3, -0.25) is 14.5 Å². The first-order valence-electron chi connectivity index (χ1n) is 9.98. The maximum absolute atomic E-state index is 12.9. The predicted octanol–water partition coefficient (Wildman–Crippen LogP) is 3.67. The lowest BCUT2D eigenvalue weighted by atomic mass is 9.91. The van der Waals surface area contributed by atoms with E-state index >= 15 is 0 Å². The van der Waals surface area contributed by atoms with Crippen molar-refractivity contribution in [1.82, 2.24) is 20.1 Å². The first-order valence-corrected chi connectivity index (χ1v) is 9.98. The Balaban J connectivity index is 1.75. The quantitative estimate of drug-likeness (QED) is 0.725. The van der Waals surface area contributed by atoms with Crippen LogP contribution in [0.1, 0.15) is 43.8 Å². The molecule has 0 unspecified atom stereocenters. The number of amides is 1. The number of rotatable bonds is 2. The van der Waals surface area contributed by atoms with E-state index in [0.29, 0.717) is 6.61 Å². The van der Waals surface area contributed by atoms with Crippen LogP contribution in [-0.4, -0.2) is 32.9 Å². The fraction of sp³-hybridized carbons (Fsp3) is 0.348. The Morgan fingerprint density at radius 3 is 2.83 bits per heavy atom. The smallest absolute Gasteiger partial charge is 0.226 e. The summed E-state index contributed by atoms with van der Waals surface area (Å²) < 4.78 is 8.11. The van der Waals surface area contributed by atoms with Crippen molar-refractivity contribution in [1.29, 1.82) is 0 Å². The Hall–Kier alpha value is -2.99. The molecular weight excluding hydrogens is 364 g/mol. The summed E-state index contributed by atoms with van der Waals surface area (Å²) >= 11 is 0. The van der Waals surface area contributed by atoms with Gasteiger partial charge >= 0.3 is 0 Å². The van der Waals surface area contributed by atoms with E-state index in [9.17, 15) is 4.79 Å². The third-order valence-corrected chi connectivity index (χ3v) is 5.30.